The predicted octanol–water partition coefficient (Wildman–Crippen LogP) is -0.666. The van der Waals surface area contributed by atoms with Crippen LogP contribution in [0.5, 0.6) is 0 Å². The van der Waals surface area contributed by atoms with E-state index in [0.29, 0.717) is 12.2 Å². The van der Waals surface area contributed by atoms with Crippen molar-refractivity contribution in [2.75, 3.05) is 6.67 Å². The fraction of sp³-hybridized carbons (Fsp3) is 0.571. The van der Waals surface area contributed by atoms with Crippen LogP contribution in [0.3, 0.4) is 0 Å². The van der Waals surface area contributed by atoms with Crippen molar-refractivity contribution in [3.63, 3.8) is 0 Å². The summed E-state index contributed by atoms with van der Waals surface area (Å²) in [6.45, 7) is 0.709. The summed E-state index contributed by atoms with van der Waals surface area (Å²) in [5, 5.41) is 6.26. The molecule has 0 aliphatic carbocycles. The van der Waals surface area contributed by atoms with E-state index in [1.807, 2.05) is 0 Å². The van der Waals surface area contributed by atoms with E-state index in [4.69, 9.17) is 4.74 Å². The Labute approximate surface area is 64.6 Å². The molecule has 11 heavy (non-hydrogen) atoms. The third-order valence-corrected chi connectivity index (χ3v) is 2.03. The Morgan fingerprint density at radius 1 is 1.64 bits per heavy atom. The zero-order valence-electron chi connectivity index (χ0n) is 6.04. The van der Waals surface area contributed by atoms with E-state index in [0.717, 1.165) is 12.7 Å². The standard InChI is InChI=1S/C7H10N2O2/c10-2-5-3-11-7-1-6(5)8-4-9-7/h2-3,6-9H,1,4H2. The van der Waals surface area contributed by atoms with Gasteiger partial charge in [0.15, 0.2) is 12.5 Å². The molecular formula is C7H10N2O2. The van der Waals surface area contributed by atoms with E-state index < -0.39 is 0 Å². The molecule has 2 bridgehead atoms. The monoisotopic (exact) mass is 154 g/mol. The summed E-state index contributed by atoms with van der Waals surface area (Å²) in [4.78, 5) is 10.5. The fourth-order valence-electron chi connectivity index (χ4n) is 1.39. The van der Waals surface area contributed by atoms with Crippen LogP contribution < -0.4 is 10.6 Å². The van der Waals surface area contributed by atoms with Gasteiger partial charge < -0.3 is 4.74 Å². The fourth-order valence-corrected chi connectivity index (χ4v) is 1.39. The first kappa shape index (κ1) is 6.82. The maximum atomic E-state index is 10.5. The van der Waals surface area contributed by atoms with Crippen molar-refractivity contribution in [3.8, 4) is 0 Å². The topological polar surface area (TPSA) is 50.4 Å². The molecule has 2 heterocycles. The summed E-state index contributed by atoms with van der Waals surface area (Å²) in [5.41, 5.74) is 0.711. The van der Waals surface area contributed by atoms with Gasteiger partial charge in [0.05, 0.1) is 6.26 Å². The third kappa shape index (κ3) is 1.15. The first-order valence-electron chi connectivity index (χ1n) is 3.67. The smallest absolute Gasteiger partial charge is 0.152 e. The van der Waals surface area contributed by atoms with Gasteiger partial charge in [0, 0.05) is 24.7 Å². The molecule has 2 unspecified atom stereocenters. The molecular weight excluding hydrogens is 144 g/mol. The van der Waals surface area contributed by atoms with Crippen LogP contribution in [0.1, 0.15) is 6.42 Å². The van der Waals surface area contributed by atoms with E-state index in [1.54, 1.807) is 0 Å². The SMILES string of the molecule is O=CC1=COC2CC1NCN2. The Balaban J connectivity index is 2.17. The lowest BCUT2D eigenvalue weighted by atomic mass is 10.0. The van der Waals surface area contributed by atoms with Crippen LogP contribution in [0.2, 0.25) is 0 Å². The molecule has 0 saturated carbocycles. The van der Waals surface area contributed by atoms with Crippen molar-refractivity contribution in [2.24, 2.45) is 0 Å². The van der Waals surface area contributed by atoms with Crippen LogP contribution in [0.25, 0.3) is 0 Å². The first-order chi connectivity index (χ1) is 5.40. The van der Waals surface area contributed by atoms with E-state index in [9.17, 15) is 4.79 Å². The average molecular weight is 154 g/mol. The van der Waals surface area contributed by atoms with E-state index >= 15 is 0 Å². The average Bonchev–Trinajstić information content (AvgIpc) is 2.06. The summed E-state index contributed by atoms with van der Waals surface area (Å²) in [6, 6.07) is 0.187. The van der Waals surface area contributed by atoms with Crippen molar-refractivity contribution < 1.29 is 9.53 Å². The highest BCUT2D eigenvalue weighted by Crippen LogP contribution is 2.17. The van der Waals surface area contributed by atoms with Crippen molar-refractivity contribution in [1.29, 1.82) is 0 Å². The lowest BCUT2D eigenvalue weighted by molar-refractivity contribution is -0.106. The second-order valence-electron chi connectivity index (χ2n) is 2.73. The van der Waals surface area contributed by atoms with Gasteiger partial charge in [-0.1, -0.05) is 0 Å². The molecule has 2 aliphatic heterocycles. The molecule has 2 atom stereocenters. The van der Waals surface area contributed by atoms with Crippen LogP contribution in [-0.4, -0.2) is 25.2 Å². The third-order valence-electron chi connectivity index (χ3n) is 2.03. The van der Waals surface area contributed by atoms with Crippen molar-refractivity contribution in [1.82, 2.24) is 10.6 Å². The van der Waals surface area contributed by atoms with Gasteiger partial charge in [-0.25, -0.2) is 0 Å². The van der Waals surface area contributed by atoms with Gasteiger partial charge in [0.1, 0.15) is 0 Å². The zero-order chi connectivity index (χ0) is 7.68. The van der Waals surface area contributed by atoms with E-state index in [1.165, 1.54) is 6.26 Å². The predicted molar refractivity (Wildman–Crippen MR) is 38.6 cm³/mol. The van der Waals surface area contributed by atoms with E-state index in [2.05, 4.69) is 10.6 Å². The Morgan fingerprint density at radius 3 is 3.36 bits per heavy atom. The number of hydrogen-bond acceptors (Lipinski definition) is 4. The lowest BCUT2D eigenvalue weighted by Gasteiger charge is -2.34. The summed E-state index contributed by atoms with van der Waals surface area (Å²) in [5.74, 6) is 0. The van der Waals surface area contributed by atoms with Crippen LogP contribution in [0.15, 0.2) is 11.8 Å². The van der Waals surface area contributed by atoms with Gasteiger partial charge in [-0.15, -0.1) is 0 Å². The van der Waals surface area contributed by atoms with Gasteiger partial charge >= 0.3 is 0 Å². The van der Waals surface area contributed by atoms with Gasteiger partial charge in [0.2, 0.25) is 0 Å². The molecule has 2 aliphatic rings. The van der Waals surface area contributed by atoms with E-state index in [-0.39, 0.29) is 12.3 Å². The molecule has 0 radical (unpaired) electrons. The Morgan fingerprint density at radius 2 is 2.55 bits per heavy atom. The molecule has 0 aromatic rings. The maximum Gasteiger partial charge on any atom is 0.152 e. The van der Waals surface area contributed by atoms with Crippen molar-refractivity contribution >= 4 is 6.29 Å². The highest BCUT2D eigenvalue weighted by molar-refractivity contribution is 5.75. The number of rotatable bonds is 1. The summed E-state index contributed by atoms with van der Waals surface area (Å²) in [7, 11) is 0. The maximum absolute atomic E-state index is 10.5. The summed E-state index contributed by atoms with van der Waals surface area (Å²) >= 11 is 0. The first-order valence-corrected chi connectivity index (χ1v) is 3.67. The van der Waals surface area contributed by atoms with Crippen molar-refractivity contribution in [3.05, 3.63) is 11.8 Å². The molecule has 4 heteroatoms. The van der Waals surface area contributed by atoms with Crippen LogP contribution in [-0.2, 0) is 9.53 Å². The van der Waals surface area contributed by atoms with Crippen molar-refractivity contribution in [2.45, 2.75) is 18.7 Å². The molecule has 0 amide bonds. The molecule has 2 rings (SSSR count). The highest BCUT2D eigenvalue weighted by Gasteiger charge is 2.28. The number of hydrogen-bond donors (Lipinski definition) is 2. The van der Waals surface area contributed by atoms with Gasteiger partial charge in [0.25, 0.3) is 0 Å². The highest BCUT2D eigenvalue weighted by atomic mass is 16.5. The zero-order valence-corrected chi connectivity index (χ0v) is 6.04. The quantitative estimate of drug-likeness (QED) is 0.492. The number of carbonyl (C=O) groups excluding carboxylic acids is 1. The summed E-state index contributed by atoms with van der Waals surface area (Å²) in [6.07, 6.45) is 3.30. The molecule has 0 aromatic heterocycles. The Bertz CT molecular complexity index is 203. The number of ether oxygens (including phenoxy) is 1. The van der Waals surface area contributed by atoms with Gasteiger partial charge in [-0.3, -0.25) is 15.4 Å². The Kier molecular flexibility index (Phi) is 1.63. The summed E-state index contributed by atoms with van der Waals surface area (Å²) < 4.78 is 5.21. The second kappa shape index (κ2) is 2.64. The molecule has 1 fully saturated rings. The number of aldehydes is 1. The number of fused-ring (bicyclic) bond motifs is 2. The molecule has 0 spiro atoms. The molecule has 1 saturated heterocycles. The van der Waals surface area contributed by atoms with Gasteiger partial charge in [-0.2, -0.15) is 0 Å². The molecule has 4 nitrogen and oxygen atoms in total. The second-order valence-corrected chi connectivity index (χ2v) is 2.73. The minimum absolute atomic E-state index is 0.0879. The molecule has 2 N–H and O–H groups in total. The number of carbonyl (C=O) groups is 1. The molecule has 0 aromatic carbocycles. The normalized spacial score (nSPS) is 35.5. The van der Waals surface area contributed by atoms with Crippen LogP contribution in [0, 0.1) is 0 Å². The minimum Gasteiger partial charge on any atom is -0.482 e. The largest absolute Gasteiger partial charge is 0.482 e. The van der Waals surface area contributed by atoms with Crippen LogP contribution >= 0.6 is 0 Å². The van der Waals surface area contributed by atoms with Crippen LogP contribution in [0.4, 0.5) is 0 Å². The molecule has 60 valence electrons. The minimum atomic E-state index is 0.0879. The lowest BCUT2D eigenvalue weighted by Crippen LogP contribution is -2.54. The van der Waals surface area contributed by atoms with Gasteiger partial charge in [-0.05, 0) is 0 Å². The Hall–Kier alpha value is -0.870. The number of nitrogens with one attached hydrogen (secondary N) is 2.